The average Bonchev–Trinajstić information content (AvgIpc) is 2.21. The predicted octanol–water partition coefficient (Wildman–Crippen LogP) is 2.76. The molecule has 1 unspecified atom stereocenters. The van der Waals surface area contributed by atoms with Gasteiger partial charge in [-0.3, -0.25) is 0 Å². The molecule has 0 saturated heterocycles. The largest absolute Gasteiger partial charge is 0.399 e. The van der Waals surface area contributed by atoms with E-state index in [1.54, 1.807) is 13.2 Å². The number of nitrogens with one attached hydrogen (secondary N) is 1. The molecule has 4 heteroatoms. The van der Waals surface area contributed by atoms with E-state index in [1.807, 2.05) is 12.1 Å². The fourth-order valence-electron chi connectivity index (χ4n) is 1.33. The van der Waals surface area contributed by atoms with Crippen molar-refractivity contribution in [2.45, 2.75) is 19.4 Å². The summed E-state index contributed by atoms with van der Waals surface area (Å²) in [6.07, 6.45) is 0.981. The van der Waals surface area contributed by atoms with Crippen LogP contribution >= 0.6 is 11.6 Å². The number of nitrogens with two attached hydrogens (primary N) is 1. The highest BCUT2D eigenvalue weighted by atomic mass is 35.5. The second-order valence-electron chi connectivity index (χ2n) is 3.44. The number of hydrogen-bond donors (Lipinski definition) is 2. The number of benzene rings is 1. The van der Waals surface area contributed by atoms with Crippen LogP contribution in [0.3, 0.4) is 0 Å². The quantitative estimate of drug-likeness (QED) is 0.762. The zero-order valence-electron chi connectivity index (χ0n) is 9.09. The summed E-state index contributed by atoms with van der Waals surface area (Å²) in [5.74, 6) is 0. The Morgan fingerprint density at radius 3 is 2.80 bits per heavy atom. The molecule has 0 radical (unpaired) electrons. The third-order valence-electron chi connectivity index (χ3n) is 2.21. The summed E-state index contributed by atoms with van der Waals surface area (Å²) in [5.41, 5.74) is 7.18. The van der Waals surface area contributed by atoms with E-state index in [9.17, 15) is 0 Å². The Morgan fingerprint density at radius 1 is 1.53 bits per heavy atom. The molecule has 0 fully saturated rings. The molecule has 0 bridgehead atoms. The molecule has 3 nitrogen and oxygen atoms in total. The molecule has 1 atom stereocenters. The van der Waals surface area contributed by atoms with Crippen LogP contribution in [-0.4, -0.2) is 19.8 Å². The molecular weight excluding hydrogens is 212 g/mol. The van der Waals surface area contributed by atoms with Gasteiger partial charge in [-0.15, -0.1) is 0 Å². The van der Waals surface area contributed by atoms with Crippen molar-refractivity contribution in [2.75, 3.05) is 24.8 Å². The number of ether oxygens (including phenoxy) is 1. The van der Waals surface area contributed by atoms with Crippen molar-refractivity contribution >= 4 is 23.0 Å². The van der Waals surface area contributed by atoms with Gasteiger partial charge in [0.05, 0.1) is 17.3 Å². The SMILES string of the molecule is CCC(COC)Nc1ccc(N)cc1Cl. The van der Waals surface area contributed by atoms with E-state index >= 15 is 0 Å². The van der Waals surface area contributed by atoms with Gasteiger partial charge in [0.15, 0.2) is 0 Å². The molecule has 0 aliphatic carbocycles. The molecule has 0 aromatic heterocycles. The van der Waals surface area contributed by atoms with Crippen LogP contribution in [0.1, 0.15) is 13.3 Å². The predicted molar refractivity (Wildman–Crippen MR) is 65.4 cm³/mol. The van der Waals surface area contributed by atoms with Crippen LogP contribution < -0.4 is 11.1 Å². The van der Waals surface area contributed by atoms with Gasteiger partial charge in [0.25, 0.3) is 0 Å². The summed E-state index contributed by atoms with van der Waals surface area (Å²) in [6, 6.07) is 5.73. The molecule has 0 heterocycles. The van der Waals surface area contributed by atoms with Crippen molar-refractivity contribution < 1.29 is 4.74 Å². The smallest absolute Gasteiger partial charge is 0.0663 e. The monoisotopic (exact) mass is 228 g/mol. The fourth-order valence-corrected chi connectivity index (χ4v) is 1.57. The van der Waals surface area contributed by atoms with E-state index in [0.29, 0.717) is 17.3 Å². The summed E-state index contributed by atoms with van der Waals surface area (Å²) in [7, 11) is 1.69. The minimum absolute atomic E-state index is 0.274. The topological polar surface area (TPSA) is 47.3 Å². The third-order valence-corrected chi connectivity index (χ3v) is 2.53. The summed E-state index contributed by atoms with van der Waals surface area (Å²) in [5, 5.41) is 3.96. The van der Waals surface area contributed by atoms with E-state index in [2.05, 4.69) is 12.2 Å². The lowest BCUT2D eigenvalue weighted by atomic mass is 10.2. The van der Waals surface area contributed by atoms with Gasteiger partial charge in [-0.2, -0.15) is 0 Å². The first-order valence-electron chi connectivity index (χ1n) is 4.97. The second-order valence-corrected chi connectivity index (χ2v) is 3.85. The first-order chi connectivity index (χ1) is 7.17. The molecule has 0 spiro atoms. The number of methoxy groups -OCH3 is 1. The molecule has 3 N–H and O–H groups in total. The van der Waals surface area contributed by atoms with E-state index in [1.165, 1.54) is 0 Å². The Balaban J connectivity index is 2.70. The van der Waals surface area contributed by atoms with Crippen LogP contribution in [0.4, 0.5) is 11.4 Å². The van der Waals surface area contributed by atoms with Gasteiger partial charge in [0.2, 0.25) is 0 Å². The molecule has 0 aliphatic rings. The van der Waals surface area contributed by atoms with Crippen LogP contribution in [0.2, 0.25) is 5.02 Å². The second kappa shape index (κ2) is 5.83. The fraction of sp³-hybridized carbons (Fsp3) is 0.455. The molecule has 1 aromatic carbocycles. The first kappa shape index (κ1) is 12.1. The highest BCUT2D eigenvalue weighted by Crippen LogP contribution is 2.24. The maximum Gasteiger partial charge on any atom is 0.0663 e. The molecular formula is C11H17ClN2O. The Kier molecular flexibility index (Phi) is 4.72. The lowest BCUT2D eigenvalue weighted by molar-refractivity contribution is 0.184. The molecule has 0 saturated carbocycles. The molecule has 0 aliphatic heterocycles. The summed E-state index contributed by atoms with van der Waals surface area (Å²) in [6.45, 7) is 2.76. The van der Waals surface area contributed by atoms with Crippen LogP contribution in [0.5, 0.6) is 0 Å². The normalized spacial score (nSPS) is 12.5. The molecule has 0 amide bonds. The lowest BCUT2D eigenvalue weighted by Crippen LogP contribution is -2.24. The Hall–Kier alpha value is -0.930. The first-order valence-corrected chi connectivity index (χ1v) is 5.35. The van der Waals surface area contributed by atoms with Gasteiger partial charge in [0, 0.05) is 18.8 Å². The van der Waals surface area contributed by atoms with E-state index in [4.69, 9.17) is 22.1 Å². The minimum Gasteiger partial charge on any atom is -0.399 e. The minimum atomic E-state index is 0.274. The molecule has 84 valence electrons. The van der Waals surface area contributed by atoms with E-state index < -0.39 is 0 Å². The summed E-state index contributed by atoms with van der Waals surface area (Å²) in [4.78, 5) is 0. The maximum atomic E-state index is 6.05. The van der Waals surface area contributed by atoms with Crippen molar-refractivity contribution in [3.8, 4) is 0 Å². The van der Waals surface area contributed by atoms with Gasteiger partial charge in [-0.05, 0) is 24.6 Å². The van der Waals surface area contributed by atoms with Crippen LogP contribution in [-0.2, 0) is 4.74 Å². The molecule has 1 aromatic rings. The van der Waals surface area contributed by atoms with Crippen molar-refractivity contribution in [2.24, 2.45) is 0 Å². The third kappa shape index (κ3) is 3.61. The van der Waals surface area contributed by atoms with Crippen molar-refractivity contribution in [1.82, 2.24) is 0 Å². The number of hydrogen-bond acceptors (Lipinski definition) is 3. The Morgan fingerprint density at radius 2 is 2.27 bits per heavy atom. The number of anilines is 2. The van der Waals surface area contributed by atoms with E-state index in [-0.39, 0.29) is 6.04 Å². The Bertz CT molecular complexity index is 317. The standard InChI is InChI=1S/C11H17ClN2O/c1-3-9(7-15-2)14-11-5-4-8(13)6-10(11)12/h4-6,9,14H,3,7,13H2,1-2H3. The van der Waals surface area contributed by atoms with Gasteiger partial charge >= 0.3 is 0 Å². The number of nitrogen functional groups attached to an aromatic ring is 1. The number of rotatable bonds is 5. The maximum absolute atomic E-state index is 6.05. The van der Waals surface area contributed by atoms with Crippen molar-refractivity contribution in [3.05, 3.63) is 23.2 Å². The van der Waals surface area contributed by atoms with Crippen LogP contribution in [0.25, 0.3) is 0 Å². The zero-order valence-corrected chi connectivity index (χ0v) is 9.84. The van der Waals surface area contributed by atoms with Gasteiger partial charge < -0.3 is 15.8 Å². The van der Waals surface area contributed by atoms with Crippen molar-refractivity contribution in [1.29, 1.82) is 0 Å². The highest BCUT2D eigenvalue weighted by Gasteiger charge is 2.07. The zero-order chi connectivity index (χ0) is 11.3. The summed E-state index contributed by atoms with van der Waals surface area (Å²) < 4.78 is 5.10. The van der Waals surface area contributed by atoms with Gasteiger partial charge in [-0.25, -0.2) is 0 Å². The molecule has 1 rings (SSSR count). The van der Waals surface area contributed by atoms with Crippen molar-refractivity contribution in [3.63, 3.8) is 0 Å². The van der Waals surface area contributed by atoms with Crippen LogP contribution in [0, 0.1) is 0 Å². The Labute approximate surface area is 95.6 Å². The average molecular weight is 229 g/mol. The summed E-state index contributed by atoms with van der Waals surface area (Å²) >= 11 is 6.05. The van der Waals surface area contributed by atoms with E-state index in [0.717, 1.165) is 12.1 Å². The lowest BCUT2D eigenvalue weighted by Gasteiger charge is -2.18. The highest BCUT2D eigenvalue weighted by molar-refractivity contribution is 6.33. The molecule has 15 heavy (non-hydrogen) atoms. The number of halogens is 1. The van der Waals surface area contributed by atoms with Gasteiger partial charge in [-0.1, -0.05) is 18.5 Å². The van der Waals surface area contributed by atoms with Crippen LogP contribution in [0.15, 0.2) is 18.2 Å². The van der Waals surface area contributed by atoms with Gasteiger partial charge in [0.1, 0.15) is 0 Å².